The molecule has 1 aromatic carbocycles. The first-order valence-electron chi connectivity index (χ1n) is 4.23. The number of fused-ring (bicyclic) bond motifs is 1. The van der Waals surface area contributed by atoms with Crippen molar-refractivity contribution in [3.8, 4) is 0 Å². The van der Waals surface area contributed by atoms with E-state index in [0.29, 0.717) is 12.2 Å². The Morgan fingerprint density at radius 1 is 1.08 bits per heavy atom. The predicted octanol–water partition coefficient (Wildman–Crippen LogP) is 2.29. The summed E-state index contributed by atoms with van der Waals surface area (Å²) in [6.07, 6.45) is 4.35. The largest absolute Gasteiger partial charge is 0.508 e. The third-order valence-electron chi connectivity index (χ3n) is 2.16. The first kappa shape index (κ1) is 7.92. The Bertz CT molecular complexity index is 354. The highest BCUT2D eigenvalue weighted by Gasteiger charge is 2.09. The molecule has 0 saturated heterocycles. The van der Waals surface area contributed by atoms with E-state index in [2.05, 4.69) is 0 Å². The van der Waals surface area contributed by atoms with Gasteiger partial charge in [0.1, 0.15) is 5.76 Å². The maximum Gasteiger partial charge on any atom is 0.119 e. The van der Waals surface area contributed by atoms with Crippen molar-refractivity contribution in [3.05, 3.63) is 47.5 Å². The SMILES string of the molecule is NC1=CCC=C(O)c2ccccc21. The van der Waals surface area contributed by atoms with Gasteiger partial charge in [0.15, 0.2) is 0 Å². The van der Waals surface area contributed by atoms with Crippen molar-refractivity contribution in [2.75, 3.05) is 0 Å². The van der Waals surface area contributed by atoms with Gasteiger partial charge in [-0.05, 0) is 12.5 Å². The van der Waals surface area contributed by atoms with E-state index in [-0.39, 0.29) is 0 Å². The molecule has 0 atom stereocenters. The van der Waals surface area contributed by atoms with Gasteiger partial charge in [0.2, 0.25) is 0 Å². The molecule has 3 N–H and O–H groups in total. The molecule has 2 heteroatoms. The molecule has 1 aliphatic carbocycles. The van der Waals surface area contributed by atoms with Crippen LogP contribution in [0.5, 0.6) is 0 Å². The van der Waals surface area contributed by atoms with Crippen molar-refractivity contribution in [1.82, 2.24) is 0 Å². The van der Waals surface area contributed by atoms with Crippen LogP contribution in [0.2, 0.25) is 0 Å². The Morgan fingerprint density at radius 2 is 1.77 bits per heavy atom. The molecule has 2 rings (SSSR count). The Kier molecular flexibility index (Phi) is 1.81. The summed E-state index contributed by atoms with van der Waals surface area (Å²) in [5, 5.41) is 9.63. The summed E-state index contributed by atoms with van der Waals surface area (Å²) in [5.41, 5.74) is 8.28. The van der Waals surface area contributed by atoms with Crippen LogP contribution < -0.4 is 5.73 Å². The number of benzene rings is 1. The second kappa shape index (κ2) is 2.98. The van der Waals surface area contributed by atoms with Gasteiger partial charge in [-0.15, -0.1) is 0 Å². The zero-order chi connectivity index (χ0) is 9.26. The number of aliphatic hydroxyl groups excluding tert-OH is 1. The lowest BCUT2D eigenvalue weighted by molar-refractivity contribution is 0.510. The van der Waals surface area contributed by atoms with E-state index in [1.807, 2.05) is 30.3 Å². The molecule has 1 aromatic rings. The average Bonchev–Trinajstić information content (AvgIpc) is 2.29. The third kappa shape index (κ3) is 1.31. The van der Waals surface area contributed by atoms with Crippen molar-refractivity contribution < 1.29 is 5.11 Å². The van der Waals surface area contributed by atoms with Crippen LogP contribution in [-0.2, 0) is 0 Å². The summed E-state index contributed by atoms with van der Waals surface area (Å²) in [4.78, 5) is 0. The monoisotopic (exact) mass is 173 g/mol. The van der Waals surface area contributed by atoms with E-state index in [1.165, 1.54) is 0 Å². The summed E-state index contributed by atoms with van der Waals surface area (Å²) in [7, 11) is 0. The molecule has 66 valence electrons. The van der Waals surface area contributed by atoms with E-state index < -0.39 is 0 Å². The van der Waals surface area contributed by atoms with Gasteiger partial charge >= 0.3 is 0 Å². The fourth-order valence-corrected chi connectivity index (χ4v) is 1.48. The highest BCUT2D eigenvalue weighted by molar-refractivity contribution is 5.77. The maximum absolute atomic E-state index is 9.63. The Hall–Kier alpha value is -1.70. The van der Waals surface area contributed by atoms with Crippen molar-refractivity contribution in [2.45, 2.75) is 6.42 Å². The molecule has 0 fully saturated rings. The van der Waals surface area contributed by atoms with Crippen LogP contribution in [0.15, 0.2) is 36.4 Å². The van der Waals surface area contributed by atoms with Crippen LogP contribution in [0.4, 0.5) is 0 Å². The zero-order valence-electron chi connectivity index (χ0n) is 7.20. The van der Waals surface area contributed by atoms with E-state index in [0.717, 1.165) is 16.8 Å². The molecule has 0 spiro atoms. The molecule has 0 aromatic heterocycles. The number of hydrogen-bond donors (Lipinski definition) is 2. The van der Waals surface area contributed by atoms with Gasteiger partial charge in [-0.2, -0.15) is 0 Å². The van der Waals surface area contributed by atoms with E-state index in [4.69, 9.17) is 5.73 Å². The number of aliphatic hydroxyl groups is 1. The highest BCUT2D eigenvalue weighted by Crippen LogP contribution is 2.24. The summed E-state index contributed by atoms with van der Waals surface area (Å²) >= 11 is 0. The first-order valence-corrected chi connectivity index (χ1v) is 4.23. The van der Waals surface area contributed by atoms with Gasteiger partial charge in [0.25, 0.3) is 0 Å². The molecule has 0 aliphatic heterocycles. The van der Waals surface area contributed by atoms with Gasteiger partial charge in [-0.1, -0.05) is 30.3 Å². The van der Waals surface area contributed by atoms with E-state index in [1.54, 1.807) is 6.08 Å². The van der Waals surface area contributed by atoms with Crippen molar-refractivity contribution in [3.63, 3.8) is 0 Å². The Morgan fingerprint density at radius 3 is 2.54 bits per heavy atom. The minimum Gasteiger partial charge on any atom is -0.508 e. The summed E-state index contributed by atoms with van der Waals surface area (Å²) < 4.78 is 0. The van der Waals surface area contributed by atoms with Gasteiger partial charge < -0.3 is 10.8 Å². The minimum atomic E-state index is 0.312. The van der Waals surface area contributed by atoms with Crippen LogP contribution in [0.3, 0.4) is 0 Å². The number of rotatable bonds is 0. The van der Waals surface area contributed by atoms with Crippen LogP contribution >= 0.6 is 0 Å². The van der Waals surface area contributed by atoms with Crippen LogP contribution in [0.25, 0.3) is 11.5 Å². The summed E-state index contributed by atoms with van der Waals surface area (Å²) in [6, 6.07) is 7.59. The molecule has 0 unspecified atom stereocenters. The van der Waals surface area contributed by atoms with Crippen LogP contribution in [-0.4, -0.2) is 5.11 Å². The molecule has 13 heavy (non-hydrogen) atoms. The summed E-state index contributed by atoms with van der Waals surface area (Å²) in [5.74, 6) is 0.312. The van der Waals surface area contributed by atoms with Crippen LogP contribution in [0, 0.1) is 0 Å². The Balaban J connectivity index is 2.66. The molecule has 0 heterocycles. The molecule has 0 saturated carbocycles. The van der Waals surface area contributed by atoms with Crippen molar-refractivity contribution >= 4 is 11.5 Å². The molecule has 1 aliphatic rings. The molecular formula is C11H11NO. The fourth-order valence-electron chi connectivity index (χ4n) is 1.48. The van der Waals surface area contributed by atoms with Gasteiger partial charge in [0, 0.05) is 16.8 Å². The third-order valence-corrected chi connectivity index (χ3v) is 2.16. The first-order chi connectivity index (χ1) is 6.29. The lowest BCUT2D eigenvalue weighted by Gasteiger charge is -2.06. The molecule has 0 radical (unpaired) electrons. The topological polar surface area (TPSA) is 46.2 Å². The fraction of sp³-hybridized carbons (Fsp3) is 0.0909. The summed E-state index contributed by atoms with van der Waals surface area (Å²) in [6.45, 7) is 0. The smallest absolute Gasteiger partial charge is 0.119 e. The normalized spacial score (nSPS) is 15.4. The second-order valence-corrected chi connectivity index (χ2v) is 3.03. The number of allylic oxidation sites excluding steroid dienone is 2. The van der Waals surface area contributed by atoms with E-state index >= 15 is 0 Å². The minimum absolute atomic E-state index is 0.312. The number of nitrogens with two attached hydrogens (primary N) is 1. The van der Waals surface area contributed by atoms with Crippen LogP contribution in [0.1, 0.15) is 17.5 Å². The molecular weight excluding hydrogens is 162 g/mol. The molecule has 2 nitrogen and oxygen atoms in total. The van der Waals surface area contributed by atoms with Crippen molar-refractivity contribution in [1.29, 1.82) is 0 Å². The average molecular weight is 173 g/mol. The number of hydrogen-bond acceptors (Lipinski definition) is 2. The zero-order valence-corrected chi connectivity index (χ0v) is 7.20. The van der Waals surface area contributed by atoms with Gasteiger partial charge in [0.05, 0.1) is 0 Å². The molecule has 0 amide bonds. The quantitative estimate of drug-likeness (QED) is 0.632. The van der Waals surface area contributed by atoms with E-state index in [9.17, 15) is 5.11 Å². The second-order valence-electron chi connectivity index (χ2n) is 3.03. The lowest BCUT2D eigenvalue weighted by atomic mass is 10.0. The maximum atomic E-state index is 9.63. The van der Waals surface area contributed by atoms with Gasteiger partial charge in [-0.3, -0.25) is 0 Å². The van der Waals surface area contributed by atoms with Gasteiger partial charge in [-0.25, -0.2) is 0 Å². The standard InChI is InChI=1S/C11H11NO/c12-10-6-3-7-11(13)9-5-2-1-4-8(9)10/h1-2,4-7,13H,3,12H2. The lowest BCUT2D eigenvalue weighted by Crippen LogP contribution is -1.98. The highest BCUT2D eigenvalue weighted by atomic mass is 16.3. The predicted molar refractivity (Wildman–Crippen MR) is 53.8 cm³/mol. The van der Waals surface area contributed by atoms with Crippen molar-refractivity contribution in [2.24, 2.45) is 5.73 Å². The Labute approximate surface area is 77.0 Å². The molecule has 0 bridgehead atoms.